The van der Waals surface area contributed by atoms with Crippen LogP contribution in [0.5, 0.6) is 5.75 Å². The number of halogens is 1. The number of nitrogens with one attached hydrogen (secondary N) is 1. The Balaban J connectivity index is 1.86. The summed E-state index contributed by atoms with van der Waals surface area (Å²) in [5, 5.41) is 6.72. The second-order valence-electron chi connectivity index (χ2n) is 3.82. The summed E-state index contributed by atoms with van der Waals surface area (Å²) in [7, 11) is 0. The zero-order valence-corrected chi connectivity index (χ0v) is 10.5. The van der Waals surface area contributed by atoms with E-state index in [0.29, 0.717) is 18.1 Å². The van der Waals surface area contributed by atoms with Crippen molar-refractivity contribution < 1.29 is 13.9 Å². The SMILES string of the molecule is CCn1nccc1NC(=O)COc1ccc(F)cc1. The molecule has 0 saturated carbocycles. The van der Waals surface area contributed by atoms with Crippen molar-refractivity contribution in [3.05, 3.63) is 42.3 Å². The number of carbonyl (C=O) groups is 1. The Morgan fingerprint density at radius 2 is 2.11 bits per heavy atom. The van der Waals surface area contributed by atoms with Crippen molar-refractivity contribution in [3.63, 3.8) is 0 Å². The maximum atomic E-state index is 12.7. The summed E-state index contributed by atoms with van der Waals surface area (Å²) in [6.45, 7) is 2.46. The number of benzene rings is 1. The van der Waals surface area contributed by atoms with Crippen LogP contribution in [0.4, 0.5) is 10.2 Å². The average molecular weight is 263 g/mol. The number of rotatable bonds is 5. The van der Waals surface area contributed by atoms with E-state index in [0.717, 1.165) is 0 Å². The molecule has 100 valence electrons. The third-order valence-electron chi connectivity index (χ3n) is 2.47. The lowest BCUT2D eigenvalue weighted by atomic mass is 10.3. The first kappa shape index (κ1) is 13.1. The first-order valence-electron chi connectivity index (χ1n) is 5.89. The normalized spacial score (nSPS) is 10.2. The number of nitrogens with zero attached hydrogens (tertiary/aromatic N) is 2. The molecule has 0 aliphatic heterocycles. The van der Waals surface area contributed by atoms with Gasteiger partial charge in [-0.3, -0.25) is 4.79 Å². The lowest BCUT2D eigenvalue weighted by molar-refractivity contribution is -0.118. The van der Waals surface area contributed by atoms with E-state index in [1.807, 2.05) is 6.92 Å². The third kappa shape index (κ3) is 3.54. The smallest absolute Gasteiger partial charge is 0.263 e. The fourth-order valence-electron chi connectivity index (χ4n) is 1.55. The van der Waals surface area contributed by atoms with Crippen molar-refractivity contribution in [2.75, 3.05) is 11.9 Å². The Kier molecular flexibility index (Phi) is 4.12. The van der Waals surface area contributed by atoms with Gasteiger partial charge in [0.05, 0.1) is 6.20 Å². The summed E-state index contributed by atoms with van der Waals surface area (Å²) in [5.41, 5.74) is 0. The molecule has 0 radical (unpaired) electrons. The first-order chi connectivity index (χ1) is 9.19. The summed E-state index contributed by atoms with van der Waals surface area (Å²) < 4.78 is 19.6. The molecule has 2 aromatic rings. The van der Waals surface area contributed by atoms with E-state index in [9.17, 15) is 9.18 Å². The number of ether oxygens (including phenoxy) is 1. The van der Waals surface area contributed by atoms with Crippen LogP contribution in [0.1, 0.15) is 6.92 Å². The highest BCUT2D eigenvalue weighted by molar-refractivity contribution is 5.91. The Hall–Kier alpha value is -2.37. The molecular weight excluding hydrogens is 249 g/mol. The second-order valence-corrected chi connectivity index (χ2v) is 3.82. The fourth-order valence-corrected chi connectivity index (χ4v) is 1.55. The van der Waals surface area contributed by atoms with Gasteiger partial charge in [-0.05, 0) is 31.2 Å². The molecule has 0 spiro atoms. The highest BCUT2D eigenvalue weighted by Gasteiger charge is 2.07. The molecule has 0 bridgehead atoms. The number of anilines is 1. The van der Waals surface area contributed by atoms with Crippen LogP contribution in [0, 0.1) is 5.82 Å². The number of hydrogen-bond donors (Lipinski definition) is 1. The van der Waals surface area contributed by atoms with Gasteiger partial charge in [0, 0.05) is 12.6 Å². The van der Waals surface area contributed by atoms with Crippen molar-refractivity contribution in [2.24, 2.45) is 0 Å². The minimum absolute atomic E-state index is 0.138. The minimum Gasteiger partial charge on any atom is -0.484 e. The van der Waals surface area contributed by atoms with Crippen LogP contribution in [0.15, 0.2) is 36.5 Å². The number of amides is 1. The lowest BCUT2D eigenvalue weighted by Gasteiger charge is -2.08. The van der Waals surface area contributed by atoms with Crippen molar-refractivity contribution in [1.82, 2.24) is 9.78 Å². The van der Waals surface area contributed by atoms with Crippen molar-refractivity contribution in [1.29, 1.82) is 0 Å². The Bertz CT molecular complexity index is 551. The highest BCUT2D eigenvalue weighted by atomic mass is 19.1. The quantitative estimate of drug-likeness (QED) is 0.898. The molecule has 6 heteroatoms. The summed E-state index contributed by atoms with van der Waals surface area (Å²) in [5.74, 6) is 0.430. The standard InChI is InChI=1S/C13H14FN3O2/c1-2-17-12(7-8-15-17)16-13(18)9-19-11-5-3-10(14)4-6-11/h3-8H,2,9H2,1H3,(H,16,18). The molecule has 0 saturated heterocycles. The van der Waals surface area contributed by atoms with E-state index in [1.165, 1.54) is 24.3 Å². The van der Waals surface area contributed by atoms with Gasteiger partial charge in [0.15, 0.2) is 6.61 Å². The van der Waals surface area contributed by atoms with Gasteiger partial charge in [-0.2, -0.15) is 5.10 Å². The van der Waals surface area contributed by atoms with Crippen molar-refractivity contribution in [2.45, 2.75) is 13.5 Å². The van der Waals surface area contributed by atoms with Gasteiger partial charge in [0.1, 0.15) is 17.4 Å². The van der Waals surface area contributed by atoms with Crippen LogP contribution in [0.25, 0.3) is 0 Å². The van der Waals surface area contributed by atoms with Gasteiger partial charge >= 0.3 is 0 Å². The maximum absolute atomic E-state index is 12.7. The zero-order chi connectivity index (χ0) is 13.7. The minimum atomic E-state index is -0.344. The van der Waals surface area contributed by atoms with E-state index >= 15 is 0 Å². The summed E-state index contributed by atoms with van der Waals surface area (Å²) in [6.07, 6.45) is 1.61. The van der Waals surface area contributed by atoms with Crippen molar-refractivity contribution >= 4 is 11.7 Å². The second kappa shape index (κ2) is 5.99. The van der Waals surface area contributed by atoms with Crippen LogP contribution in [-0.2, 0) is 11.3 Å². The van der Waals surface area contributed by atoms with Gasteiger partial charge < -0.3 is 10.1 Å². The zero-order valence-electron chi connectivity index (χ0n) is 10.5. The molecule has 19 heavy (non-hydrogen) atoms. The predicted octanol–water partition coefficient (Wildman–Crippen LogP) is 2.06. The molecule has 0 unspecified atom stereocenters. The van der Waals surface area contributed by atoms with Gasteiger partial charge in [-0.25, -0.2) is 9.07 Å². The van der Waals surface area contributed by atoms with Gasteiger partial charge in [-0.15, -0.1) is 0 Å². The predicted molar refractivity (Wildman–Crippen MR) is 68.4 cm³/mol. The van der Waals surface area contributed by atoms with Crippen LogP contribution < -0.4 is 10.1 Å². The van der Waals surface area contributed by atoms with Crippen LogP contribution in [0.3, 0.4) is 0 Å². The largest absolute Gasteiger partial charge is 0.484 e. The Labute approximate surface area is 110 Å². The number of aromatic nitrogens is 2. The topological polar surface area (TPSA) is 56.2 Å². The number of aryl methyl sites for hydroxylation is 1. The summed E-state index contributed by atoms with van der Waals surface area (Å²) in [6, 6.07) is 7.20. The Morgan fingerprint density at radius 3 is 2.79 bits per heavy atom. The van der Waals surface area contributed by atoms with Gasteiger partial charge in [0.25, 0.3) is 5.91 Å². The lowest BCUT2D eigenvalue weighted by Crippen LogP contribution is -2.22. The van der Waals surface area contributed by atoms with Crippen LogP contribution in [-0.4, -0.2) is 22.3 Å². The van der Waals surface area contributed by atoms with E-state index in [4.69, 9.17) is 4.74 Å². The molecule has 1 amide bonds. The van der Waals surface area contributed by atoms with Gasteiger partial charge in [0.2, 0.25) is 0 Å². The molecule has 1 aromatic heterocycles. The molecule has 0 atom stereocenters. The molecule has 5 nitrogen and oxygen atoms in total. The van der Waals surface area contributed by atoms with E-state index < -0.39 is 0 Å². The van der Waals surface area contributed by atoms with Crippen LogP contribution in [0.2, 0.25) is 0 Å². The monoisotopic (exact) mass is 263 g/mol. The summed E-state index contributed by atoms with van der Waals surface area (Å²) >= 11 is 0. The molecule has 1 aromatic carbocycles. The molecule has 0 aliphatic rings. The van der Waals surface area contributed by atoms with Crippen molar-refractivity contribution in [3.8, 4) is 5.75 Å². The molecule has 1 heterocycles. The Morgan fingerprint density at radius 1 is 1.37 bits per heavy atom. The molecule has 2 rings (SSSR count). The van der Waals surface area contributed by atoms with Gasteiger partial charge in [-0.1, -0.05) is 0 Å². The average Bonchev–Trinajstić information content (AvgIpc) is 2.85. The summed E-state index contributed by atoms with van der Waals surface area (Å²) in [4.78, 5) is 11.7. The third-order valence-corrected chi connectivity index (χ3v) is 2.47. The molecular formula is C13H14FN3O2. The molecule has 0 fully saturated rings. The first-order valence-corrected chi connectivity index (χ1v) is 5.89. The van der Waals surface area contributed by atoms with E-state index in [-0.39, 0.29) is 18.3 Å². The van der Waals surface area contributed by atoms with E-state index in [1.54, 1.807) is 16.9 Å². The maximum Gasteiger partial charge on any atom is 0.263 e. The number of hydrogen-bond acceptors (Lipinski definition) is 3. The molecule has 0 aliphatic carbocycles. The fraction of sp³-hybridized carbons (Fsp3) is 0.231. The number of carbonyl (C=O) groups excluding carboxylic acids is 1. The highest BCUT2D eigenvalue weighted by Crippen LogP contribution is 2.11. The van der Waals surface area contributed by atoms with Crippen LogP contribution >= 0.6 is 0 Å². The molecule has 1 N–H and O–H groups in total. The van der Waals surface area contributed by atoms with E-state index in [2.05, 4.69) is 10.4 Å².